The molecule has 4 heteroatoms. The molecule has 0 aliphatic rings. The zero-order valence-electron chi connectivity index (χ0n) is 30.3. The van der Waals surface area contributed by atoms with Gasteiger partial charge in [0.15, 0.2) is 0 Å². The van der Waals surface area contributed by atoms with E-state index in [0.29, 0.717) is 19.3 Å². The summed E-state index contributed by atoms with van der Waals surface area (Å²) in [5.41, 5.74) is 0. The standard InChI is InChI=1S/C40H78O4/c1-4-7-9-11-13-15-17-19-21-23-25-27-29-31-33-36-38(41)43-40(35-6-3)44-39(42)37-34-32-30-28-26-24-22-20-18-16-14-12-10-8-5-2/h40H,4-37H2,1-3H3. The van der Waals surface area contributed by atoms with Gasteiger partial charge in [-0.2, -0.15) is 0 Å². The van der Waals surface area contributed by atoms with Gasteiger partial charge in [-0.15, -0.1) is 0 Å². The number of hydrogen-bond donors (Lipinski definition) is 0. The van der Waals surface area contributed by atoms with E-state index >= 15 is 0 Å². The Morgan fingerprint density at radius 3 is 0.795 bits per heavy atom. The Balaban J connectivity index is 3.61. The maximum atomic E-state index is 12.3. The van der Waals surface area contributed by atoms with Crippen molar-refractivity contribution < 1.29 is 19.1 Å². The summed E-state index contributed by atoms with van der Waals surface area (Å²) in [5, 5.41) is 0. The maximum Gasteiger partial charge on any atom is 0.308 e. The fourth-order valence-electron chi connectivity index (χ4n) is 6.07. The molecule has 0 aromatic carbocycles. The van der Waals surface area contributed by atoms with Crippen molar-refractivity contribution in [2.45, 2.75) is 245 Å². The van der Waals surface area contributed by atoms with E-state index in [2.05, 4.69) is 13.8 Å². The summed E-state index contributed by atoms with van der Waals surface area (Å²) in [6.45, 7) is 6.58. The van der Waals surface area contributed by atoms with E-state index in [-0.39, 0.29) is 11.9 Å². The van der Waals surface area contributed by atoms with Gasteiger partial charge in [0.05, 0.1) is 0 Å². The van der Waals surface area contributed by atoms with E-state index in [1.165, 1.54) is 167 Å². The van der Waals surface area contributed by atoms with Crippen LogP contribution < -0.4 is 0 Å². The summed E-state index contributed by atoms with van der Waals surface area (Å²) in [4.78, 5) is 24.7. The Morgan fingerprint density at radius 2 is 0.568 bits per heavy atom. The molecule has 44 heavy (non-hydrogen) atoms. The van der Waals surface area contributed by atoms with Crippen LogP contribution in [0.5, 0.6) is 0 Å². The normalized spacial score (nSPS) is 11.4. The SMILES string of the molecule is CCCCCCCCCCCCCCCCCC(=O)OC(CCC)OC(=O)CCCCCCCCCCCCCCCCC. The van der Waals surface area contributed by atoms with Gasteiger partial charge in [-0.3, -0.25) is 9.59 Å². The van der Waals surface area contributed by atoms with Crippen LogP contribution in [0, 0.1) is 0 Å². The second kappa shape index (κ2) is 36.4. The molecule has 0 radical (unpaired) electrons. The third kappa shape index (κ3) is 33.8. The zero-order valence-corrected chi connectivity index (χ0v) is 30.3. The number of carbonyl (C=O) groups is 2. The van der Waals surface area contributed by atoms with Crippen molar-refractivity contribution in [1.29, 1.82) is 0 Å². The average Bonchev–Trinajstić information content (AvgIpc) is 3.01. The van der Waals surface area contributed by atoms with Crippen molar-refractivity contribution in [3.8, 4) is 0 Å². The first-order valence-electron chi connectivity index (χ1n) is 20.0. The molecule has 262 valence electrons. The molecule has 0 aromatic rings. The first-order chi connectivity index (χ1) is 21.6. The third-order valence-corrected chi connectivity index (χ3v) is 9.02. The van der Waals surface area contributed by atoms with Crippen molar-refractivity contribution in [2.24, 2.45) is 0 Å². The lowest BCUT2D eigenvalue weighted by molar-refractivity contribution is -0.189. The van der Waals surface area contributed by atoms with Gasteiger partial charge < -0.3 is 9.47 Å². The molecule has 0 saturated carbocycles. The van der Waals surface area contributed by atoms with Crippen LogP contribution in [0.4, 0.5) is 0 Å². The average molecular weight is 623 g/mol. The molecule has 0 saturated heterocycles. The van der Waals surface area contributed by atoms with Crippen molar-refractivity contribution in [1.82, 2.24) is 0 Å². The molecule has 4 nitrogen and oxygen atoms in total. The van der Waals surface area contributed by atoms with Gasteiger partial charge in [0.25, 0.3) is 0 Å². The van der Waals surface area contributed by atoms with Crippen LogP contribution in [0.1, 0.15) is 239 Å². The second-order valence-corrected chi connectivity index (χ2v) is 13.6. The summed E-state index contributed by atoms with van der Waals surface area (Å²) in [6.07, 6.45) is 40.8. The van der Waals surface area contributed by atoms with Gasteiger partial charge in [0.1, 0.15) is 0 Å². The highest BCUT2D eigenvalue weighted by Crippen LogP contribution is 2.16. The van der Waals surface area contributed by atoms with E-state index < -0.39 is 6.29 Å². The number of esters is 2. The number of unbranched alkanes of at least 4 members (excludes halogenated alkanes) is 28. The van der Waals surface area contributed by atoms with Crippen LogP contribution in [0.25, 0.3) is 0 Å². The number of ether oxygens (including phenoxy) is 2. The molecular weight excluding hydrogens is 544 g/mol. The highest BCUT2D eigenvalue weighted by atomic mass is 16.7. The molecule has 0 aromatic heterocycles. The van der Waals surface area contributed by atoms with Crippen molar-refractivity contribution in [2.75, 3.05) is 0 Å². The smallest absolute Gasteiger partial charge is 0.308 e. The monoisotopic (exact) mass is 623 g/mol. The van der Waals surface area contributed by atoms with Crippen molar-refractivity contribution >= 4 is 11.9 Å². The molecule has 0 unspecified atom stereocenters. The Morgan fingerprint density at radius 1 is 0.341 bits per heavy atom. The van der Waals surface area contributed by atoms with Crippen LogP contribution in [0.15, 0.2) is 0 Å². The minimum Gasteiger partial charge on any atom is -0.425 e. The minimum absolute atomic E-state index is 0.224. The minimum atomic E-state index is -0.715. The van der Waals surface area contributed by atoms with Gasteiger partial charge >= 0.3 is 11.9 Å². The van der Waals surface area contributed by atoms with E-state index in [1.54, 1.807) is 0 Å². The van der Waals surface area contributed by atoms with Crippen LogP contribution in [0.3, 0.4) is 0 Å². The van der Waals surface area contributed by atoms with Crippen molar-refractivity contribution in [3.63, 3.8) is 0 Å². The van der Waals surface area contributed by atoms with Gasteiger partial charge in [-0.25, -0.2) is 0 Å². The Kier molecular flexibility index (Phi) is 35.5. The van der Waals surface area contributed by atoms with Gasteiger partial charge in [0.2, 0.25) is 6.29 Å². The lowest BCUT2D eigenvalue weighted by Crippen LogP contribution is -2.24. The van der Waals surface area contributed by atoms with E-state index in [9.17, 15) is 9.59 Å². The summed E-state index contributed by atoms with van der Waals surface area (Å²) in [6, 6.07) is 0. The molecular formula is C40H78O4. The molecule has 0 spiro atoms. The van der Waals surface area contributed by atoms with Crippen molar-refractivity contribution in [3.05, 3.63) is 0 Å². The Hall–Kier alpha value is -1.06. The fraction of sp³-hybridized carbons (Fsp3) is 0.950. The predicted molar refractivity (Wildman–Crippen MR) is 190 cm³/mol. The van der Waals surface area contributed by atoms with Crippen LogP contribution in [-0.2, 0) is 19.1 Å². The van der Waals surface area contributed by atoms with Crippen LogP contribution in [-0.4, -0.2) is 18.2 Å². The summed E-state index contributed by atoms with van der Waals surface area (Å²) in [5.74, 6) is -0.448. The van der Waals surface area contributed by atoms with Crippen LogP contribution >= 0.6 is 0 Å². The Bertz CT molecular complexity index is 542. The molecule has 0 N–H and O–H groups in total. The van der Waals surface area contributed by atoms with Gasteiger partial charge in [-0.1, -0.05) is 201 Å². The topological polar surface area (TPSA) is 52.6 Å². The van der Waals surface area contributed by atoms with E-state index in [4.69, 9.17) is 9.47 Å². The molecule has 0 bridgehead atoms. The fourth-order valence-corrected chi connectivity index (χ4v) is 6.07. The molecule has 0 atom stereocenters. The zero-order chi connectivity index (χ0) is 32.2. The second-order valence-electron chi connectivity index (χ2n) is 13.6. The quantitative estimate of drug-likeness (QED) is 0.0396. The van der Waals surface area contributed by atoms with E-state index in [0.717, 1.165) is 32.1 Å². The number of carbonyl (C=O) groups excluding carboxylic acids is 2. The predicted octanol–water partition coefficient (Wildman–Crippen LogP) is 13.7. The highest BCUT2D eigenvalue weighted by molar-refractivity contribution is 5.71. The first-order valence-corrected chi connectivity index (χ1v) is 20.0. The summed E-state index contributed by atoms with van der Waals surface area (Å²) < 4.78 is 11.1. The maximum absolute atomic E-state index is 12.3. The van der Waals surface area contributed by atoms with Crippen LogP contribution in [0.2, 0.25) is 0 Å². The third-order valence-electron chi connectivity index (χ3n) is 9.02. The largest absolute Gasteiger partial charge is 0.425 e. The molecule has 0 aliphatic carbocycles. The lowest BCUT2D eigenvalue weighted by atomic mass is 10.0. The first kappa shape index (κ1) is 42.9. The summed E-state index contributed by atoms with van der Waals surface area (Å²) >= 11 is 0. The van der Waals surface area contributed by atoms with Gasteiger partial charge in [0, 0.05) is 19.3 Å². The molecule has 0 heterocycles. The van der Waals surface area contributed by atoms with E-state index in [1.807, 2.05) is 6.92 Å². The highest BCUT2D eigenvalue weighted by Gasteiger charge is 2.18. The molecule has 0 amide bonds. The molecule has 0 aliphatic heterocycles. The summed E-state index contributed by atoms with van der Waals surface area (Å²) in [7, 11) is 0. The molecule has 0 rings (SSSR count). The Labute approximate surface area is 276 Å². The number of hydrogen-bond acceptors (Lipinski definition) is 4. The lowest BCUT2D eigenvalue weighted by Gasteiger charge is -2.18. The van der Waals surface area contributed by atoms with Gasteiger partial charge in [-0.05, 0) is 19.3 Å². The molecule has 0 fully saturated rings. The number of rotatable bonds is 36.